The second kappa shape index (κ2) is 3.27. The third-order valence-corrected chi connectivity index (χ3v) is 2.16. The smallest absolute Gasteiger partial charge is 0.0629 e. The maximum atomic E-state index is 9.23. The van der Waals surface area contributed by atoms with Gasteiger partial charge in [0.25, 0.3) is 0 Å². The second-order valence-electron chi connectivity index (χ2n) is 3.33. The fourth-order valence-electron chi connectivity index (χ4n) is 1.41. The molecule has 0 aromatic carbocycles. The van der Waals surface area contributed by atoms with Crippen LogP contribution in [0.15, 0.2) is 0 Å². The lowest BCUT2D eigenvalue weighted by Gasteiger charge is -2.03. The van der Waals surface area contributed by atoms with E-state index in [2.05, 4.69) is 5.10 Å². The molecule has 1 aromatic heterocycles. The van der Waals surface area contributed by atoms with Crippen molar-refractivity contribution in [1.29, 1.82) is 0 Å². The molecule has 12 heavy (non-hydrogen) atoms. The van der Waals surface area contributed by atoms with Gasteiger partial charge in [0.2, 0.25) is 0 Å². The molecule has 0 aliphatic rings. The summed E-state index contributed by atoms with van der Waals surface area (Å²) < 4.78 is 1.85. The van der Waals surface area contributed by atoms with Gasteiger partial charge in [0.1, 0.15) is 0 Å². The summed E-state index contributed by atoms with van der Waals surface area (Å²) in [7, 11) is 1.92. The largest absolute Gasteiger partial charge is 0.393 e. The van der Waals surface area contributed by atoms with Crippen LogP contribution in [0.5, 0.6) is 0 Å². The summed E-state index contributed by atoms with van der Waals surface area (Å²) in [4.78, 5) is 0. The van der Waals surface area contributed by atoms with Gasteiger partial charge < -0.3 is 5.11 Å². The zero-order valence-electron chi connectivity index (χ0n) is 8.13. The van der Waals surface area contributed by atoms with Crippen molar-refractivity contribution in [1.82, 2.24) is 9.78 Å². The molecule has 0 spiro atoms. The zero-order valence-corrected chi connectivity index (χ0v) is 8.13. The molecule has 0 bridgehead atoms. The van der Waals surface area contributed by atoms with E-state index in [4.69, 9.17) is 0 Å². The van der Waals surface area contributed by atoms with Gasteiger partial charge in [-0.15, -0.1) is 0 Å². The molecular formula is C9H16N2O. The van der Waals surface area contributed by atoms with Crippen molar-refractivity contribution >= 4 is 0 Å². The Morgan fingerprint density at radius 3 is 2.42 bits per heavy atom. The molecule has 3 nitrogen and oxygen atoms in total. The molecule has 0 saturated carbocycles. The molecule has 0 fully saturated rings. The van der Waals surface area contributed by atoms with Crippen LogP contribution in [0.1, 0.15) is 23.9 Å². The molecule has 1 N–H and O–H groups in total. The van der Waals surface area contributed by atoms with Crippen LogP contribution in [-0.4, -0.2) is 21.0 Å². The van der Waals surface area contributed by atoms with Crippen LogP contribution in [0.2, 0.25) is 0 Å². The molecule has 0 unspecified atom stereocenters. The third-order valence-electron chi connectivity index (χ3n) is 2.16. The number of aryl methyl sites for hydroxylation is 2. The molecule has 0 radical (unpaired) electrons. The normalized spacial score (nSPS) is 13.4. The van der Waals surface area contributed by atoms with Gasteiger partial charge in [-0.1, -0.05) is 0 Å². The summed E-state index contributed by atoms with van der Waals surface area (Å²) in [6.45, 7) is 5.80. The summed E-state index contributed by atoms with van der Waals surface area (Å²) in [6.07, 6.45) is 0.414. The van der Waals surface area contributed by atoms with Crippen LogP contribution < -0.4 is 0 Å². The fourth-order valence-corrected chi connectivity index (χ4v) is 1.41. The lowest BCUT2D eigenvalue weighted by Crippen LogP contribution is -2.06. The highest BCUT2D eigenvalue weighted by atomic mass is 16.3. The SMILES string of the molecule is Cc1nn(C)c(C)c1C[C@@H](C)O. The van der Waals surface area contributed by atoms with Crippen molar-refractivity contribution in [3.63, 3.8) is 0 Å². The van der Waals surface area contributed by atoms with Gasteiger partial charge >= 0.3 is 0 Å². The molecule has 68 valence electrons. The summed E-state index contributed by atoms with van der Waals surface area (Å²) in [5.41, 5.74) is 3.34. The summed E-state index contributed by atoms with van der Waals surface area (Å²) in [6, 6.07) is 0. The molecule has 0 saturated heterocycles. The van der Waals surface area contributed by atoms with Gasteiger partial charge in [-0.3, -0.25) is 4.68 Å². The van der Waals surface area contributed by atoms with E-state index in [1.807, 2.05) is 25.6 Å². The molecule has 0 aliphatic carbocycles. The Bertz CT molecular complexity index is 276. The van der Waals surface area contributed by atoms with Gasteiger partial charge in [0.05, 0.1) is 11.8 Å². The van der Waals surface area contributed by atoms with Gasteiger partial charge in [0, 0.05) is 19.2 Å². The lowest BCUT2D eigenvalue weighted by molar-refractivity contribution is 0.195. The molecular weight excluding hydrogens is 152 g/mol. The average Bonchev–Trinajstić information content (AvgIpc) is 2.16. The van der Waals surface area contributed by atoms with Crippen molar-refractivity contribution in [3.05, 3.63) is 17.0 Å². The first-order valence-electron chi connectivity index (χ1n) is 4.19. The Kier molecular flexibility index (Phi) is 2.52. The van der Waals surface area contributed by atoms with Crippen LogP contribution in [-0.2, 0) is 13.5 Å². The number of hydrogen-bond acceptors (Lipinski definition) is 2. The molecule has 1 rings (SSSR count). The van der Waals surface area contributed by atoms with Crippen molar-refractivity contribution in [3.8, 4) is 0 Å². The van der Waals surface area contributed by atoms with Crippen molar-refractivity contribution in [2.45, 2.75) is 33.3 Å². The monoisotopic (exact) mass is 168 g/mol. The summed E-state index contributed by atoms with van der Waals surface area (Å²) >= 11 is 0. The van der Waals surface area contributed by atoms with Gasteiger partial charge in [-0.05, 0) is 26.3 Å². The minimum Gasteiger partial charge on any atom is -0.393 e. The van der Waals surface area contributed by atoms with E-state index >= 15 is 0 Å². The molecule has 1 atom stereocenters. The van der Waals surface area contributed by atoms with E-state index in [0.717, 1.165) is 11.4 Å². The van der Waals surface area contributed by atoms with Crippen LogP contribution >= 0.6 is 0 Å². The van der Waals surface area contributed by atoms with Crippen LogP contribution in [0.4, 0.5) is 0 Å². The zero-order chi connectivity index (χ0) is 9.30. The number of aliphatic hydroxyl groups excluding tert-OH is 1. The van der Waals surface area contributed by atoms with Gasteiger partial charge in [-0.2, -0.15) is 5.10 Å². The molecule has 0 aliphatic heterocycles. The van der Waals surface area contributed by atoms with E-state index in [0.29, 0.717) is 6.42 Å². The Morgan fingerprint density at radius 1 is 1.50 bits per heavy atom. The molecule has 3 heteroatoms. The summed E-state index contributed by atoms with van der Waals surface area (Å²) in [5.74, 6) is 0. The standard InChI is InChI=1S/C9H16N2O/c1-6(12)5-9-7(2)10-11(4)8(9)3/h6,12H,5H2,1-4H3/t6-/m1/s1. The predicted molar refractivity (Wildman–Crippen MR) is 48.1 cm³/mol. The number of nitrogens with zero attached hydrogens (tertiary/aromatic N) is 2. The molecule has 1 heterocycles. The Labute approximate surface area is 73.0 Å². The average molecular weight is 168 g/mol. The Hall–Kier alpha value is -0.830. The minimum absolute atomic E-state index is 0.286. The highest BCUT2D eigenvalue weighted by Crippen LogP contribution is 2.13. The van der Waals surface area contributed by atoms with E-state index in [1.165, 1.54) is 5.56 Å². The van der Waals surface area contributed by atoms with E-state index in [-0.39, 0.29) is 6.10 Å². The number of aromatic nitrogens is 2. The topological polar surface area (TPSA) is 38.0 Å². The Balaban J connectivity index is 2.97. The number of hydrogen-bond donors (Lipinski definition) is 1. The summed E-state index contributed by atoms with van der Waals surface area (Å²) in [5, 5.41) is 13.5. The van der Waals surface area contributed by atoms with Crippen molar-refractivity contribution in [2.24, 2.45) is 7.05 Å². The maximum absolute atomic E-state index is 9.23. The van der Waals surface area contributed by atoms with Crippen LogP contribution in [0, 0.1) is 13.8 Å². The third kappa shape index (κ3) is 1.67. The van der Waals surface area contributed by atoms with E-state index < -0.39 is 0 Å². The minimum atomic E-state index is -0.286. The quantitative estimate of drug-likeness (QED) is 0.714. The fraction of sp³-hybridized carbons (Fsp3) is 0.667. The highest BCUT2D eigenvalue weighted by molar-refractivity contribution is 5.24. The highest BCUT2D eigenvalue weighted by Gasteiger charge is 2.10. The van der Waals surface area contributed by atoms with Gasteiger partial charge in [0.15, 0.2) is 0 Å². The lowest BCUT2D eigenvalue weighted by atomic mass is 10.1. The van der Waals surface area contributed by atoms with Crippen LogP contribution in [0.25, 0.3) is 0 Å². The Morgan fingerprint density at radius 2 is 2.08 bits per heavy atom. The first kappa shape index (κ1) is 9.26. The maximum Gasteiger partial charge on any atom is 0.0629 e. The molecule has 1 aromatic rings. The van der Waals surface area contributed by atoms with Crippen molar-refractivity contribution in [2.75, 3.05) is 0 Å². The van der Waals surface area contributed by atoms with Crippen LogP contribution in [0.3, 0.4) is 0 Å². The van der Waals surface area contributed by atoms with Gasteiger partial charge in [-0.25, -0.2) is 0 Å². The van der Waals surface area contributed by atoms with E-state index in [9.17, 15) is 5.11 Å². The van der Waals surface area contributed by atoms with Crippen molar-refractivity contribution < 1.29 is 5.11 Å². The predicted octanol–water partition coefficient (Wildman–Crippen LogP) is 0.960. The molecule has 0 amide bonds. The number of aliphatic hydroxyl groups is 1. The second-order valence-corrected chi connectivity index (χ2v) is 3.33. The first-order valence-corrected chi connectivity index (χ1v) is 4.19. The number of rotatable bonds is 2. The first-order chi connectivity index (χ1) is 5.52. The van der Waals surface area contributed by atoms with E-state index in [1.54, 1.807) is 6.92 Å².